The molecule has 0 radical (unpaired) electrons. The molecule has 0 spiro atoms. The molecule has 92 valence electrons. The summed E-state index contributed by atoms with van der Waals surface area (Å²) in [5, 5.41) is 0. The minimum absolute atomic E-state index is 0.0625. The van der Waals surface area contributed by atoms with Crippen molar-refractivity contribution in [3.05, 3.63) is 12.7 Å². The van der Waals surface area contributed by atoms with Gasteiger partial charge in [-0.15, -0.1) is 0 Å². The van der Waals surface area contributed by atoms with Gasteiger partial charge in [0, 0.05) is 6.42 Å². The summed E-state index contributed by atoms with van der Waals surface area (Å²) in [7, 11) is -3.35. The Morgan fingerprint density at radius 3 is 2.38 bits per heavy atom. The molecule has 0 amide bonds. The molecule has 0 bridgehead atoms. The second kappa shape index (κ2) is 5.59. The van der Waals surface area contributed by atoms with Crippen molar-refractivity contribution in [1.82, 2.24) is 0 Å². The summed E-state index contributed by atoms with van der Waals surface area (Å²) in [6, 6.07) is 0. The minimum Gasteiger partial charge on any atom is -0.295 e. The lowest BCUT2D eigenvalue weighted by Crippen LogP contribution is -2.25. The molecule has 0 aliphatic heterocycles. The van der Waals surface area contributed by atoms with Crippen molar-refractivity contribution in [2.45, 2.75) is 38.2 Å². The van der Waals surface area contributed by atoms with Crippen LogP contribution in [0.3, 0.4) is 0 Å². The Labute approximate surface area is 96.8 Å². The Morgan fingerprint density at radius 2 is 1.94 bits per heavy atom. The second-order valence-electron chi connectivity index (χ2n) is 4.32. The van der Waals surface area contributed by atoms with Gasteiger partial charge in [0.15, 0.2) is 5.78 Å². The predicted octanol–water partition coefficient (Wildman–Crippen LogP) is 1.67. The molecular weight excluding hydrogens is 228 g/mol. The zero-order chi connectivity index (χ0) is 12.2. The topological polar surface area (TPSA) is 60.4 Å². The first-order chi connectivity index (χ1) is 7.40. The first kappa shape index (κ1) is 13.4. The first-order valence-electron chi connectivity index (χ1n) is 5.44. The lowest BCUT2D eigenvalue weighted by molar-refractivity contribution is -0.115. The third kappa shape index (κ3) is 4.90. The average molecular weight is 246 g/mol. The number of allylic oxidation sites excluding steroid dienone is 1. The lowest BCUT2D eigenvalue weighted by atomic mass is 9.84. The lowest BCUT2D eigenvalue weighted by Gasteiger charge is -2.26. The molecular formula is C11H18O4S. The van der Waals surface area contributed by atoms with Crippen molar-refractivity contribution in [2.75, 3.05) is 6.26 Å². The van der Waals surface area contributed by atoms with Gasteiger partial charge in [0.25, 0.3) is 10.1 Å². The SMILES string of the molecule is C=CC(=O)CC1CCC(OS(C)(=O)=O)CC1. The quantitative estimate of drug-likeness (QED) is 0.547. The van der Waals surface area contributed by atoms with Crippen LogP contribution >= 0.6 is 0 Å². The summed E-state index contributed by atoms with van der Waals surface area (Å²) in [6.07, 6.45) is 5.85. The molecule has 0 aromatic rings. The van der Waals surface area contributed by atoms with Gasteiger partial charge < -0.3 is 0 Å². The largest absolute Gasteiger partial charge is 0.295 e. The maximum Gasteiger partial charge on any atom is 0.264 e. The maximum absolute atomic E-state index is 11.1. The predicted molar refractivity (Wildman–Crippen MR) is 61.5 cm³/mol. The zero-order valence-electron chi connectivity index (χ0n) is 9.52. The molecule has 1 saturated carbocycles. The van der Waals surface area contributed by atoms with Gasteiger partial charge in [0.05, 0.1) is 12.4 Å². The van der Waals surface area contributed by atoms with E-state index in [0.717, 1.165) is 19.1 Å². The number of carbonyl (C=O) groups is 1. The van der Waals surface area contributed by atoms with E-state index in [-0.39, 0.29) is 11.9 Å². The Morgan fingerprint density at radius 1 is 1.38 bits per heavy atom. The normalized spacial score (nSPS) is 26.3. The van der Waals surface area contributed by atoms with Crippen LogP contribution in [0.25, 0.3) is 0 Å². The standard InChI is InChI=1S/C11H18O4S/c1-3-10(12)8-9-4-6-11(7-5-9)15-16(2,13)14/h3,9,11H,1,4-8H2,2H3. The maximum atomic E-state index is 11.1. The van der Waals surface area contributed by atoms with Crippen LogP contribution in [-0.2, 0) is 19.1 Å². The monoisotopic (exact) mass is 246 g/mol. The highest BCUT2D eigenvalue weighted by Gasteiger charge is 2.25. The van der Waals surface area contributed by atoms with Crippen molar-refractivity contribution < 1.29 is 17.4 Å². The number of hydrogen-bond acceptors (Lipinski definition) is 4. The van der Waals surface area contributed by atoms with E-state index in [1.807, 2.05) is 0 Å². The summed E-state index contributed by atoms with van der Waals surface area (Å²) in [5.74, 6) is 0.414. The highest BCUT2D eigenvalue weighted by atomic mass is 32.2. The molecule has 0 aromatic carbocycles. The van der Waals surface area contributed by atoms with Crippen LogP contribution in [0.1, 0.15) is 32.1 Å². The number of hydrogen-bond donors (Lipinski definition) is 0. The molecule has 5 heteroatoms. The number of ketones is 1. The van der Waals surface area contributed by atoms with E-state index >= 15 is 0 Å². The Hall–Kier alpha value is -0.680. The average Bonchev–Trinajstić information content (AvgIpc) is 2.18. The molecule has 1 aliphatic carbocycles. The molecule has 0 atom stereocenters. The molecule has 0 unspecified atom stereocenters. The zero-order valence-corrected chi connectivity index (χ0v) is 10.3. The van der Waals surface area contributed by atoms with E-state index in [0.29, 0.717) is 25.2 Å². The highest BCUT2D eigenvalue weighted by molar-refractivity contribution is 7.86. The van der Waals surface area contributed by atoms with Gasteiger partial charge in [-0.2, -0.15) is 8.42 Å². The van der Waals surface area contributed by atoms with Crippen molar-refractivity contribution in [3.63, 3.8) is 0 Å². The van der Waals surface area contributed by atoms with E-state index < -0.39 is 10.1 Å². The molecule has 0 heterocycles. The molecule has 0 N–H and O–H groups in total. The van der Waals surface area contributed by atoms with Crippen molar-refractivity contribution >= 4 is 15.9 Å². The van der Waals surface area contributed by atoms with Gasteiger partial charge >= 0.3 is 0 Å². The fourth-order valence-corrected chi connectivity index (χ4v) is 2.73. The fraction of sp³-hybridized carbons (Fsp3) is 0.727. The van der Waals surface area contributed by atoms with Crippen LogP contribution in [0, 0.1) is 5.92 Å². The van der Waals surface area contributed by atoms with Gasteiger partial charge in [0.1, 0.15) is 0 Å². The van der Waals surface area contributed by atoms with E-state index in [1.165, 1.54) is 6.08 Å². The third-order valence-corrected chi connectivity index (χ3v) is 3.44. The van der Waals surface area contributed by atoms with Crippen LogP contribution in [-0.4, -0.2) is 26.6 Å². The summed E-state index contributed by atoms with van der Waals surface area (Å²) in [5.41, 5.74) is 0. The van der Waals surface area contributed by atoms with Gasteiger partial charge in [-0.25, -0.2) is 0 Å². The summed E-state index contributed by atoms with van der Waals surface area (Å²) >= 11 is 0. The van der Waals surface area contributed by atoms with Crippen molar-refractivity contribution in [1.29, 1.82) is 0 Å². The van der Waals surface area contributed by atoms with Crippen LogP contribution < -0.4 is 0 Å². The van der Waals surface area contributed by atoms with E-state index in [4.69, 9.17) is 4.18 Å². The molecule has 1 aliphatic rings. The molecule has 0 aromatic heterocycles. The van der Waals surface area contributed by atoms with E-state index in [2.05, 4.69) is 6.58 Å². The summed E-state index contributed by atoms with van der Waals surface area (Å²) < 4.78 is 26.8. The Kier molecular flexibility index (Phi) is 4.68. The highest BCUT2D eigenvalue weighted by Crippen LogP contribution is 2.29. The van der Waals surface area contributed by atoms with Crippen molar-refractivity contribution in [3.8, 4) is 0 Å². The van der Waals surface area contributed by atoms with Gasteiger partial charge in [-0.1, -0.05) is 6.58 Å². The smallest absolute Gasteiger partial charge is 0.264 e. The Balaban J connectivity index is 2.34. The van der Waals surface area contributed by atoms with Crippen LogP contribution in [0.5, 0.6) is 0 Å². The van der Waals surface area contributed by atoms with E-state index in [1.54, 1.807) is 0 Å². The molecule has 4 nitrogen and oxygen atoms in total. The van der Waals surface area contributed by atoms with Gasteiger partial charge in [-0.3, -0.25) is 8.98 Å². The minimum atomic E-state index is -3.35. The Bertz CT molecular complexity index is 350. The van der Waals surface area contributed by atoms with Crippen molar-refractivity contribution in [2.24, 2.45) is 5.92 Å². The van der Waals surface area contributed by atoms with Gasteiger partial charge in [0.2, 0.25) is 0 Å². The fourth-order valence-electron chi connectivity index (χ4n) is 2.05. The first-order valence-corrected chi connectivity index (χ1v) is 7.26. The molecule has 1 fully saturated rings. The van der Waals surface area contributed by atoms with E-state index in [9.17, 15) is 13.2 Å². The van der Waals surface area contributed by atoms with Crippen LogP contribution in [0.4, 0.5) is 0 Å². The number of carbonyl (C=O) groups excluding carboxylic acids is 1. The van der Waals surface area contributed by atoms with Crippen LogP contribution in [0.2, 0.25) is 0 Å². The molecule has 16 heavy (non-hydrogen) atoms. The summed E-state index contributed by atoms with van der Waals surface area (Å²) in [6.45, 7) is 3.44. The summed E-state index contributed by atoms with van der Waals surface area (Å²) in [4.78, 5) is 11.1. The molecule has 1 rings (SSSR count). The second-order valence-corrected chi connectivity index (χ2v) is 5.92. The number of rotatable bonds is 5. The third-order valence-electron chi connectivity index (χ3n) is 2.82. The van der Waals surface area contributed by atoms with Crippen LogP contribution in [0.15, 0.2) is 12.7 Å². The van der Waals surface area contributed by atoms with Gasteiger partial charge in [-0.05, 0) is 37.7 Å². The molecule has 0 saturated heterocycles.